The van der Waals surface area contributed by atoms with Crippen molar-refractivity contribution in [2.75, 3.05) is 26.1 Å². The van der Waals surface area contributed by atoms with Gasteiger partial charge in [0.05, 0.1) is 19.6 Å². The SMILES string of the molecule is COc1cc(/C=N/NC(=O)/C(=C/c2ccc(N(C)C)cc2)NC(=O)c2ccccc2)ccc1OC(=O)c1ccco1. The van der Waals surface area contributed by atoms with Crippen molar-refractivity contribution in [1.29, 1.82) is 0 Å². The summed E-state index contributed by atoms with van der Waals surface area (Å²) in [5.41, 5.74) is 5.10. The molecule has 10 nitrogen and oxygen atoms in total. The second kappa shape index (κ2) is 13.4. The lowest BCUT2D eigenvalue weighted by Gasteiger charge is -2.12. The van der Waals surface area contributed by atoms with Gasteiger partial charge >= 0.3 is 5.97 Å². The van der Waals surface area contributed by atoms with Gasteiger partial charge in [-0.3, -0.25) is 9.59 Å². The van der Waals surface area contributed by atoms with Crippen molar-refractivity contribution < 1.29 is 28.3 Å². The van der Waals surface area contributed by atoms with Gasteiger partial charge in [0.25, 0.3) is 11.8 Å². The Bertz CT molecular complexity index is 1560. The van der Waals surface area contributed by atoms with E-state index in [1.807, 2.05) is 43.3 Å². The van der Waals surface area contributed by atoms with Crippen LogP contribution in [-0.2, 0) is 4.79 Å². The fraction of sp³-hybridized carbons (Fsp3) is 0.0968. The van der Waals surface area contributed by atoms with Gasteiger partial charge in [-0.25, -0.2) is 10.2 Å². The van der Waals surface area contributed by atoms with Crippen molar-refractivity contribution in [2.24, 2.45) is 5.10 Å². The van der Waals surface area contributed by atoms with Crippen LogP contribution in [0.5, 0.6) is 11.5 Å². The first kappa shape index (κ1) is 28.4. The molecule has 0 aliphatic heterocycles. The molecule has 0 bridgehead atoms. The van der Waals surface area contributed by atoms with Gasteiger partial charge in [-0.15, -0.1) is 0 Å². The summed E-state index contributed by atoms with van der Waals surface area (Å²) in [7, 11) is 5.29. The van der Waals surface area contributed by atoms with Crippen LogP contribution in [0.15, 0.2) is 106 Å². The summed E-state index contributed by atoms with van der Waals surface area (Å²) in [5.74, 6) is -1.22. The van der Waals surface area contributed by atoms with Crippen LogP contribution in [0.1, 0.15) is 32.0 Å². The molecule has 0 saturated carbocycles. The molecule has 3 aromatic carbocycles. The third-order valence-corrected chi connectivity index (χ3v) is 5.74. The van der Waals surface area contributed by atoms with E-state index in [1.54, 1.807) is 54.6 Å². The fourth-order valence-corrected chi connectivity index (χ4v) is 3.60. The largest absolute Gasteiger partial charge is 0.493 e. The number of ether oxygens (including phenoxy) is 2. The zero-order chi connectivity index (χ0) is 29.2. The number of hydrogen-bond donors (Lipinski definition) is 2. The average molecular weight is 553 g/mol. The number of nitrogens with zero attached hydrogens (tertiary/aromatic N) is 2. The lowest BCUT2D eigenvalue weighted by Crippen LogP contribution is -2.32. The van der Waals surface area contributed by atoms with Gasteiger partial charge in [0.1, 0.15) is 5.70 Å². The van der Waals surface area contributed by atoms with E-state index in [0.717, 1.165) is 5.69 Å². The number of methoxy groups -OCH3 is 1. The number of anilines is 1. The summed E-state index contributed by atoms with van der Waals surface area (Å²) in [4.78, 5) is 40.1. The summed E-state index contributed by atoms with van der Waals surface area (Å²) >= 11 is 0. The molecule has 0 radical (unpaired) electrons. The second-order valence-corrected chi connectivity index (χ2v) is 8.84. The smallest absolute Gasteiger partial charge is 0.379 e. The van der Waals surface area contributed by atoms with E-state index < -0.39 is 17.8 Å². The molecule has 0 fully saturated rings. The van der Waals surface area contributed by atoms with E-state index in [9.17, 15) is 14.4 Å². The Morgan fingerprint density at radius 3 is 2.27 bits per heavy atom. The lowest BCUT2D eigenvalue weighted by atomic mass is 10.1. The minimum absolute atomic E-state index is 0.00590. The van der Waals surface area contributed by atoms with Crippen LogP contribution in [0.4, 0.5) is 5.69 Å². The van der Waals surface area contributed by atoms with Crippen molar-refractivity contribution in [1.82, 2.24) is 10.7 Å². The highest BCUT2D eigenvalue weighted by molar-refractivity contribution is 6.05. The topological polar surface area (TPSA) is 122 Å². The first-order valence-electron chi connectivity index (χ1n) is 12.5. The third kappa shape index (κ3) is 7.70. The monoisotopic (exact) mass is 552 g/mol. The zero-order valence-corrected chi connectivity index (χ0v) is 22.7. The highest BCUT2D eigenvalue weighted by Gasteiger charge is 2.16. The Morgan fingerprint density at radius 1 is 0.878 bits per heavy atom. The van der Waals surface area contributed by atoms with Gasteiger partial charge in [0.2, 0.25) is 5.76 Å². The predicted octanol–water partition coefficient (Wildman–Crippen LogP) is 4.49. The van der Waals surface area contributed by atoms with Crippen LogP contribution < -0.4 is 25.1 Å². The van der Waals surface area contributed by atoms with E-state index in [2.05, 4.69) is 15.8 Å². The van der Waals surface area contributed by atoms with E-state index in [1.165, 1.54) is 31.7 Å². The number of esters is 1. The Labute approximate surface area is 236 Å². The van der Waals surface area contributed by atoms with Crippen LogP contribution in [-0.4, -0.2) is 45.2 Å². The second-order valence-electron chi connectivity index (χ2n) is 8.84. The minimum Gasteiger partial charge on any atom is -0.493 e. The van der Waals surface area contributed by atoms with Crippen molar-refractivity contribution in [3.63, 3.8) is 0 Å². The maximum absolute atomic E-state index is 13.1. The number of carbonyl (C=O) groups excluding carboxylic acids is 3. The van der Waals surface area contributed by atoms with Crippen LogP contribution in [0.3, 0.4) is 0 Å². The molecule has 1 aromatic heterocycles. The predicted molar refractivity (Wildman–Crippen MR) is 155 cm³/mol. The van der Waals surface area contributed by atoms with Crippen molar-refractivity contribution in [2.45, 2.75) is 0 Å². The number of rotatable bonds is 10. The molecule has 0 spiro atoms. The molecule has 208 valence electrons. The fourth-order valence-electron chi connectivity index (χ4n) is 3.60. The maximum Gasteiger partial charge on any atom is 0.379 e. The van der Waals surface area contributed by atoms with Crippen LogP contribution in [0.2, 0.25) is 0 Å². The Hall–Kier alpha value is -5.64. The number of hydrogen-bond acceptors (Lipinski definition) is 8. The summed E-state index contributed by atoms with van der Waals surface area (Å²) in [5, 5.41) is 6.70. The summed E-state index contributed by atoms with van der Waals surface area (Å²) in [6.07, 6.45) is 4.33. The molecule has 2 amide bonds. The van der Waals surface area contributed by atoms with Crippen molar-refractivity contribution in [3.05, 3.63) is 119 Å². The lowest BCUT2D eigenvalue weighted by molar-refractivity contribution is -0.117. The first-order valence-corrected chi connectivity index (χ1v) is 12.5. The molecule has 0 unspecified atom stereocenters. The zero-order valence-electron chi connectivity index (χ0n) is 22.7. The molecular weight excluding hydrogens is 524 g/mol. The molecule has 0 aliphatic rings. The van der Waals surface area contributed by atoms with Gasteiger partial charge in [-0.05, 0) is 71.8 Å². The van der Waals surface area contributed by atoms with Gasteiger partial charge in [0.15, 0.2) is 11.5 Å². The maximum atomic E-state index is 13.1. The highest BCUT2D eigenvalue weighted by atomic mass is 16.6. The molecule has 0 atom stereocenters. The van der Waals surface area contributed by atoms with Gasteiger partial charge in [-0.1, -0.05) is 30.3 Å². The standard InChI is InChI=1S/C31H28N4O6/c1-35(2)24-14-11-21(12-15-24)18-25(33-29(36)23-8-5-4-6-9-23)30(37)34-32-20-22-13-16-26(28(19-22)39-3)41-31(38)27-10-7-17-40-27/h4-20H,1-3H3,(H,33,36)(H,34,37)/b25-18-,32-20+. The number of furan rings is 1. The first-order chi connectivity index (χ1) is 19.8. The number of carbonyl (C=O) groups is 3. The molecule has 4 aromatic rings. The average Bonchev–Trinajstić information content (AvgIpc) is 3.53. The van der Waals surface area contributed by atoms with E-state index in [4.69, 9.17) is 13.9 Å². The van der Waals surface area contributed by atoms with Crippen molar-refractivity contribution in [3.8, 4) is 11.5 Å². The van der Waals surface area contributed by atoms with Gasteiger partial charge < -0.3 is 24.1 Å². The van der Waals surface area contributed by atoms with Gasteiger partial charge in [0, 0.05) is 25.3 Å². The molecule has 0 saturated heterocycles. The normalized spacial score (nSPS) is 11.1. The van der Waals surface area contributed by atoms with E-state index in [0.29, 0.717) is 16.7 Å². The Kier molecular flexibility index (Phi) is 9.29. The summed E-state index contributed by atoms with van der Waals surface area (Å²) < 4.78 is 15.7. The van der Waals surface area contributed by atoms with Crippen LogP contribution in [0.25, 0.3) is 6.08 Å². The van der Waals surface area contributed by atoms with Crippen LogP contribution >= 0.6 is 0 Å². The highest BCUT2D eigenvalue weighted by Crippen LogP contribution is 2.28. The number of benzene rings is 3. The summed E-state index contributed by atoms with van der Waals surface area (Å²) in [6, 6.07) is 23.9. The minimum atomic E-state index is -0.671. The number of hydrazone groups is 1. The van der Waals surface area contributed by atoms with Crippen molar-refractivity contribution >= 4 is 35.8 Å². The van der Waals surface area contributed by atoms with Gasteiger partial charge in [-0.2, -0.15) is 5.10 Å². The molecule has 1 heterocycles. The molecular formula is C31H28N4O6. The third-order valence-electron chi connectivity index (χ3n) is 5.74. The van der Waals surface area contributed by atoms with Crippen LogP contribution in [0, 0.1) is 0 Å². The molecule has 4 rings (SSSR count). The molecule has 10 heteroatoms. The quantitative estimate of drug-likeness (QED) is 0.0977. The summed E-state index contributed by atoms with van der Waals surface area (Å²) in [6.45, 7) is 0. The van der Waals surface area contributed by atoms with E-state index in [-0.39, 0.29) is 23.0 Å². The Balaban J connectivity index is 1.49. The number of nitrogens with one attached hydrogen (secondary N) is 2. The van der Waals surface area contributed by atoms with E-state index >= 15 is 0 Å². The Morgan fingerprint density at radius 2 is 1.61 bits per heavy atom. The molecule has 0 aliphatic carbocycles. The number of amides is 2. The molecule has 41 heavy (non-hydrogen) atoms. The molecule has 2 N–H and O–H groups in total.